The predicted octanol–water partition coefficient (Wildman–Crippen LogP) is 4.52. The second kappa shape index (κ2) is 20.8. The molecule has 3 N–H and O–H groups in total. The van der Waals surface area contributed by atoms with Crippen LogP contribution in [0.25, 0.3) is 0 Å². The molecular formula is C33H53ClN6O8S. The normalized spacial score (nSPS) is 15.7. The third-order valence-electron chi connectivity index (χ3n) is 7.23. The summed E-state index contributed by atoms with van der Waals surface area (Å²) in [4.78, 5) is 23.0. The van der Waals surface area contributed by atoms with Gasteiger partial charge in [-0.2, -0.15) is 4.98 Å². The van der Waals surface area contributed by atoms with Crippen molar-refractivity contribution in [1.29, 1.82) is 0 Å². The van der Waals surface area contributed by atoms with Gasteiger partial charge in [-0.1, -0.05) is 23.7 Å². The number of carbonyl (C=O) groups is 1. The monoisotopic (exact) mass is 728 g/mol. The molecule has 2 heterocycles. The van der Waals surface area contributed by atoms with E-state index in [9.17, 15) is 13.2 Å². The molecule has 1 aromatic heterocycles. The molecule has 49 heavy (non-hydrogen) atoms. The van der Waals surface area contributed by atoms with E-state index in [0.29, 0.717) is 76.9 Å². The number of aromatic nitrogens is 2. The largest absolute Gasteiger partial charge is 0.444 e. The Labute approximate surface area is 295 Å². The van der Waals surface area contributed by atoms with Gasteiger partial charge in [0.15, 0.2) is 15.7 Å². The van der Waals surface area contributed by atoms with Crippen LogP contribution < -0.4 is 16.0 Å². The lowest BCUT2D eigenvalue weighted by molar-refractivity contribution is -0.00435. The molecule has 0 bridgehead atoms. The van der Waals surface area contributed by atoms with E-state index in [1.165, 1.54) is 6.20 Å². The zero-order valence-corrected chi connectivity index (χ0v) is 30.9. The van der Waals surface area contributed by atoms with Crippen molar-refractivity contribution in [1.82, 2.24) is 20.2 Å². The number of ether oxygens (including phenoxy) is 5. The Morgan fingerprint density at radius 3 is 2.29 bits per heavy atom. The molecule has 1 fully saturated rings. The molecule has 1 aliphatic heterocycles. The Balaban J connectivity index is 1.26. The van der Waals surface area contributed by atoms with Crippen molar-refractivity contribution in [3.05, 3.63) is 35.5 Å². The Bertz CT molecular complexity index is 1400. The Morgan fingerprint density at radius 2 is 1.63 bits per heavy atom. The number of halogens is 1. The lowest BCUT2D eigenvalue weighted by Crippen LogP contribution is -2.43. The van der Waals surface area contributed by atoms with E-state index < -0.39 is 26.8 Å². The van der Waals surface area contributed by atoms with E-state index in [-0.39, 0.29) is 16.0 Å². The summed E-state index contributed by atoms with van der Waals surface area (Å²) >= 11 is 6.39. The van der Waals surface area contributed by atoms with Crippen LogP contribution in [0.2, 0.25) is 5.02 Å². The second-order valence-electron chi connectivity index (χ2n) is 12.8. The average Bonchev–Trinajstić information content (AvgIpc) is 3.04. The standard InChI is InChI=1S/C33H53ClN6O8S/c1-25(2)49(42,43)29-11-7-6-10-28(29)38-30-27(34)23-36-31(39-30)37-26-9-8-13-40(24-26)14-16-45-18-20-47-22-21-46-19-17-44-15-12-35-32(41)48-33(3,4)5/h6-7,10-11,23,25-26H,8-9,12-22,24H2,1-5H3,(H,35,41)(H2,36,37,38,39)/t26-/m1/s1. The predicted molar refractivity (Wildman–Crippen MR) is 190 cm³/mol. The summed E-state index contributed by atoms with van der Waals surface area (Å²) in [5.41, 5.74) is -0.110. The molecule has 2 aromatic rings. The lowest BCUT2D eigenvalue weighted by Gasteiger charge is -2.33. The highest BCUT2D eigenvalue weighted by Crippen LogP contribution is 2.30. The minimum atomic E-state index is -3.51. The fraction of sp³-hybridized carbons (Fsp3) is 0.667. The fourth-order valence-electron chi connectivity index (χ4n) is 4.78. The molecule has 0 radical (unpaired) electrons. The molecule has 1 aromatic carbocycles. The highest BCUT2D eigenvalue weighted by molar-refractivity contribution is 7.92. The van der Waals surface area contributed by atoms with Gasteiger partial charge in [0.05, 0.1) is 74.9 Å². The van der Waals surface area contributed by atoms with Gasteiger partial charge in [-0.05, 0) is 66.1 Å². The van der Waals surface area contributed by atoms with Crippen molar-refractivity contribution in [2.24, 2.45) is 0 Å². The summed E-state index contributed by atoms with van der Waals surface area (Å²) in [6, 6.07) is 6.87. The summed E-state index contributed by atoms with van der Waals surface area (Å²) in [6.07, 6.45) is 3.04. The minimum Gasteiger partial charge on any atom is -0.444 e. The summed E-state index contributed by atoms with van der Waals surface area (Å²) in [6.45, 7) is 15.5. The zero-order chi connectivity index (χ0) is 35.7. The summed E-state index contributed by atoms with van der Waals surface area (Å²) < 4.78 is 53.2. The Morgan fingerprint density at radius 1 is 1.00 bits per heavy atom. The van der Waals surface area contributed by atoms with Gasteiger partial charge in [-0.3, -0.25) is 4.90 Å². The number of nitrogens with one attached hydrogen (secondary N) is 3. The number of para-hydroxylation sites is 1. The smallest absolute Gasteiger partial charge is 0.407 e. The van der Waals surface area contributed by atoms with Gasteiger partial charge in [-0.15, -0.1) is 0 Å². The van der Waals surface area contributed by atoms with Crippen molar-refractivity contribution in [2.75, 3.05) is 89.7 Å². The second-order valence-corrected chi connectivity index (χ2v) is 15.6. The third kappa shape index (κ3) is 15.3. The summed E-state index contributed by atoms with van der Waals surface area (Å²) in [5.74, 6) is 0.747. The number of likely N-dealkylation sites (tertiary alicyclic amines) is 1. The maximum Gasteiger partial charge on any atom is 0.407 e. The van der Waals surface area contributed by atoms with Crippen LogP contribution in [0.5, 0.6) is 0 Å². The number of hydrogen-bond donors (Lipinski definition) is 3. The maximum absolute atomic E-state index is 12.9. The molecule has 3 rings (SSSR count). The molecule has 16 heteroatoms. The van der Waals surface area contributed by atoms with E-state index in [1.54, 1.807) is 38.1 Å². The highest BCUT2D eigenvalue weighted by Gasteiger charge is 2.24. The van der Waals surface area contributed by atoms with Gasteiger partial charge in [0.1, 0.15) is 10.6 Å². The van der Waals surface area contributed by atoms with Crippen molar-refractivity contribution >= 4 is 45.0 Å². The summed E-state index contributed by atoms with van der Waals surface area (Å²) in [7, 11) is -3.51. The molecule has 1 aliphatic rings. The van der Waals surface area contributed by atoms with Crippen molar-refractivity contribution in [2.45, 2.75) is 69.2 Å². The molecule has 1 amide bonds. The van der Waals surface area contributed by atoms with Crippen LogP contribution >= 0.6 is 11.6 Å². The van der Waals surface area contributed by atoms with Crippen LogP contribution in [-0.4, -0.2) is 125 Å². The SMILES string of the molecule is CC(C)S(=O)(=O)c1ccccc1Nc1nc(N[C@@H]2CCCN(CCOCCOCCOCCOCCNC(=O)OC(C)(C)C)C2)ncc1Cl. The van der Waals surface area contributed by atoms with Crippen LogP contribution in [0, 0.1) is 0 Å². The Hall–Kier alpha value is -2.79. The third-order valence-corrected chi connectivity index (χ3v) is 9.72. The molecule has 0 aliphatic carbocycles. The number of anilines is 3. The van der Waals surface area contributed by atoms with Gasteiger partial charge < -0.3 is 39.6 Å². The average molecular weight is 729 g/mol. The van der Waals surface area contributed by atoms with Crippen molar-refractivity contribution in [3.8, 4) is 0 Å². The van der Waals surface area contributed by atoms with Gasteiger partial charge in [0.2, 0.25) is 5.95 Å². The molecular weight excluding hydrogens is 676 g/mol. The first-order valence-electron chi connectivity index (χ1n) is 16.7. The maximum atomic E-state index is 12.9. The topological polar surface area (TPSA) is 162 Å². The molecule has 276 valence electrons. The molecule has 0 saturated carbocycles. The summed E-state index contributed by atoms with van der Waals surface area (Å²) in [5, 5.41) is 8.86. The van der Waals surface area contributed by atoms with Crippen LogP contribution in [0.1, 0.15) is 47.5 Å². The van der Waals surface area contributed by atoms with E-state index in [4.69, 9.17) is 35.3 Å². The van der Waals surface area contributed by atoms with Gasteiger partial charge >= 0.3 is 6.09 Å². The highest BCUT2D eigenvalue weighted by atomic mass is 35.5. The number of hydrogen-bond acceptors (Lipinski definition) is 13. The fourth-order valence-corrected chi connectivity index (χ4v) is 6.12. The quantitative estimate of drug-likeness (QED) is 0.154. The van der Waals surface area contributed by atoms with Crippen molar-refractivity contribution in [3.63, 3.8) is 0 Å². The van der Waals surface area contributed by atoms with Crippen LogP contribution in [0.3, 0.4) is 0 Å². The number of benzene rings is 1. The number of nitrogens with zero attached hydrogens (tertiary/aromatic N) is 3. The number of alkyl carbamates (subject to hydrolysis) is 1. The van der Waals surface area contributed by atoms with Crippen LogP contribution in [-0.2, 0) is 33.5 Å². The number of amides is 1. The van der Waals surface area contributed by atoms with E-state index in [0.717, 1.165) is 32.5 Å². The molecule has 0 spiro atoms. The van der Waals surface area contributed by atoms with Crippen LogP contribution in [0.15, 0.2) is 35.4 Å². The number of rotatable bonds is 21. The van der Waals surface area contributed by atoms with Gasteiger partial charge in [0, 0.05) is 25.7 Å². The van der Waals surface area contributed by atoms with Crippen molar-refractivity contribution < 1.29 is 36.9 Å². The molecule has 14 nitrogen and oxygen atoms in total. The minimum absolute atomic E-state index is 0.138. The van der Waals surface area contributed by atoms with Gasteiger partial charge in [-0.25, -0.2) is 18.2 Å². The number of piperidine rings is 1. The molecule has 0 unspecified atom stereocenters. The number of sulfone groups is 1. The Kier molecular flexibility index (Phi) is 17.2. The first-order valence-corrected chi connectivity index (χ1v) is 18.7. The van der Waals surface area contributed by atoms with Crippen LogP contribution in [0.4, 0.5) is 22.2 Å². The lowest BCUT2D eigenvalue weighted by atomic mass is 10.1. The molecule has 1 saturated heterocycles. The zero-order valence-electron chi connectivity index (χ0n) is 29.3. The van der Waals surface area contributed by atoms with E-state index >= 15 is 0 Å². The first-order chi connectivity index (χ1) is 23.3. The van der Waals surface area contributed by atoms with E-state index in [2.05, 4.69) is 30.8 Å². The molecule has 1 atom stereocenters. The first kappa shape index (κ1) is 40.6. The van der Waals surface area contributed by atoms with E-state index in [1.807, 2.05) is 20.8 Å². The van der Waals surface area contributed by atoms with Gasteiger partial charge in [0.25, 0.3) is 0 Å². The number of carbonyl (C=O) groups excluding carboxylic acids is 1.